The van der Waals surface area contributed by atoms with Gasteiger partial charge < -0.3 is 19.6 Å². The van der Waals surface area contributed by atoms with Crippen molar-refractivity contribution in [1.29, 1.82) is 0 Å². The molecule has 7 heteroatoms. The van der Waals surface area contributed by atoms with Gasteiger partial charge in [0, 0.05) is 37.3 Å². The summed E-state index contributed by atoms with van der Waals surface area (Å²) in [6, 6.07) is 5.81. The Labute approximate surface area is 153 Å². The number of nitrogens with one attached hydrogen (secondary N) is 1. The third kappa shape index (κ3) is 3.92. The van der Waals surface area contributed by atoms with Crippen LogP contribution >= 0.6 is 12.2 Å². The summed E-state index contributed by atoms with van der Waals surface area (Å²) in [7, 11) is 0. The second-order valence-corrected chi connectivity index (χ2v) is 6.70. The number of carbonyl (C=O) groups is 1. The normalized spacial score (nSPS) is 17.5. The first-order valence-corrected chi connectivity index (χ1v) is 9.22. The molecule has 6 nitrogen and oxygen atoms in total. The number of likely N-dealkylation sites (tertiary alicyclic amines) is 1. The summed E-state index contributed by atoms with van der Waals surface area (Å²) in [5, 5.41) is 8.82. The van der Waals surface area contributed by atoms with Crippen molar-refractivity contribution in [3.05, 3.63) is 24.5 Å². The average Bonchev–Trinajstić information content (AvgIpc) is 3.10. The Morgan fingerprint density at radius 2 is 2.24 bits per heavy atom. The lowest BCUT2D eigenvalue weighted by Crippen LogP contribution is -2.47. The summed E-state index contributed by atoms with van der Waals surface area (Å²) in [4.78, 5) is 16.6. The summed E-state index contributed by atoms with van der Waals surface area (Å²) >= 11 is 5.57. The number of hydrogen-bond acceptors (Lipinski definition) is 4. The Bertz CT molecular complexity index is 756. The van der Waals surface area contributed by atoms with Crippen LogP contribution in [0.4, 0.5) is 5.69 Å². The smallest absolute Gasteiger partial charge is 0.227 e. The number of piperidine rings is 1. The molecule has 0 bridgehead atoms. The number of anilines is 1. The van der Waals surface area contributed by atoms with Crippen LogP contribution in [0.2, 0.25) is 0 Å². The Hall–Kier alpha value is -2.15. The van der Waals surface area contributed by atoms with Gasteiger partial charge in [-0.25, -0.2) is 0 Å². The quantitative estimate of drug-likeness (QED) is 0.846. The lowest BCUT2D eigenvalue weighted by atomic mass is 9.96. The van der Waals surface area contributed by atoms with E-state index in [1.807, 2.05) is 36.9 Å². The molecule has 134 valence electrons. The van der Waals surface area contributed by atoms with Crippen LogP contribution in [0.3, 0.4) is 0 Å². The van der Waals surface area contributed by atoms with Crippen LogP contribution < -0.4 is 5.32 Å². The molecule has 1 aromatic heterocycles. The minimum Gasteiger partial charge on any atom is -0.364 e. The first kappa shape index (κ1) is 17.7. The second kappa shape index (κ2) is 7.82. The van der Waals surface area contributed by atoms with E-state index in [0.717, 1.165) is 49.1 Å². The molecule has 1 aliphatic heterocycles. The zero-order chi connectivity index (χ0) is 17.8. The topological polar surface area (TPSA) is 61.6 Å². The van der Waals surface area contributed by atoms with Gasteiger partial charge in [-0.1, -0.05) is 5.16 Å². The van der Waals surface area contributed by atoms with E-state index < -0.39 is 0 Å². The van der Waals surface area contributed by atoms with Crippen molar-refractivity contribution in [1.82, 2.24) is 15.0 Å². The first-order chi connectivity index (χ1) is 12.1. The van der Waals surface area contributed by atoms with E-state index in [2.05, 4.69) is 15.4 Å². The Balaban J connectivity index is 1.64. The van der Waals surface area contributed by atoms with Crippen LogP contribution in [0.5, 0.6) is 0 Å². The van der Waals surface area contributed by atoms with Gasteiger partial charge in [0.25, 0.3) is 0 Å². The van der Waals surface area contributed by atoms with Crippen molar-refractivity contribution in [2.24, 2.45) is 5.92 Å². The molecule has 25 heavy (non-hydrogen) atoms. The molecule has 0 saturated carbocycles. The SMILES string of the molecule is CCN(CC)C(=O)[C@@H]1CCCN(C(=S)Nc2ccc3conc3c2)C1. The summed E-state index contributed by atoms with van der Waals surface area (Å²) < 4.78 is 4.96. The maximum Gasteiger partial charge on any atom is 0.227 e. The molecule has 0 aliphatic carbocycles. The van der Waals surface area contributed by atoms with Crippen LogP contribution in [0.1, 0.15) is 26.7 Å². The van der Waals surface area contributed by atoms with Gasteiger partial charge in [0.15, 0.2) is 5.11 Å². The van der Waals surface area contributed by atoms with E-state index in [1.165, 1.54) is 0 Å². The molecule has 1 aromatic carbocycles. The predicted octanol–water partition coefficient (Wildman–Crippen LogP) is 3.11. The number of carbonyl (C=O) groups excluding carboxylic acids is 1. The first-order valence-electron chi connectivity index (χ1n) is 8.81. The zero-order valence-electron chi connectivity index (χ0n) is 14.7. The number of nitrogens with zero attached hydrogens (tertiary/aromatic N) is 3. The zero-order valence-corrected chi connectivity index (χ0v) is 15.5. The highest BCUT2D eigenvalue weighted by Crippen LogP contribution is 2.22. The van der Waals surface area contributed by atoms with Gasteiger partial charge in [0.2, 0.25) is 5.91 Å². The van der Waals surface area contributed by atoms with Crippen molar-refractivity contribution in [3.8, 4) is 0 Å². The van der Waals surface area contributed by atoms with Crippen LogP contribution in [0.25, 0.3) is 10.9 Å². The monoisotopic (exact) mass is 360 g/mol. The largest absolute Gasteiger partial charge is 0.364 e. The molecule has 1 fully saturated rings. The van der Waals surface area contributed by atoms with Crippen molar-refractivity contribution in [3.63, 3.8) is 0 Å². The number of fused-ring (bicyclic) bond motifs is 1. The summed E-state index contributed by atoms with van der Waals surface area (Å²) in [6.45, 7) is 7.11. The van der Waals surface area contributed by atoms with Crippen molar-refractivity contribution in [2.75, 3.05) is 31.5 Å². The van der Waals surface area contributed by atoms with Gasteiger partial charge in [-0.05, 0) is 57.1 Å². The fraction of sp³-hybridized carbons (Fsp3) is 0.500. The van der Waals surface area contributed by atoms with Gasteiger partial charge >= 0.3 is 0 Å². The number of rotatable bonds is 4. The summed E-state index contributed by atoms with van der Waals surface area (Å²) in [6.07, 6.45) is 3.52. The molecule has 2 heterocycles. The van der Waals surface area contributed by atoms with Gasteiger partial charge in [-0.2, -0.15) is 0 Å². The number of amides is 1. The molecule has 1 N–H and O–H groups in total. The summed E-state index contributed by atoms with van der Waals surface area (Å²) in [5.41, 5.74) is 1.67. The fourth-order valence-corrected chi connectivity index (χ4v) is 3.58. The van der Waals surface area contributed by atoms with E-state index in [-0.39, 0.29) is 11.8 Å². The van der Waals surface area contributed by atoms with Crippen LogP contribution in [-0.4, -0.2) is 52.2 Å². The number of benzene rings is 1. The van der Waals surface area contributed by atoms with Gasteiger partial charge in [-0.3, -0.25) is 4.79 Å². The summed E-state index contributed by atoms with van der Waals surface area (Å²) in [5.74, 6) is 0.257. The maximum atomic E-state index is 12.6. The van der Waals surface area contributed by atoms with E-state index in [9.17, 15) is 4.79 Å². The molecule has 1 atom stereocenters. The van der Waals surface area contributed by atoms with Gasteiger partial charge in [0.05, 0.1) is 5.92 Å². The van der Waals surface area contributed by atoms with Crippen LogP contribution in [0.15, 0.2) is 29.0 Å². The third-order valence-corrected chi connectivity index (χ3v) is 5.11. The molecule has 0 spiro atoms. The molecular formula is C18H24N4O2S. The Kier molecular flexibility index (Phi) is 5.53. The van der Waals surface area contributed by atoms with Crippen molar-refractivity contribution < 1.29 is 9.32 Å². The predicted molar refractivity (Wildman–Crippen MR) is 102 cm³/mol. The third-order valence-electron chi connectivity index (χ3n) is 4.75. The Morgan fingerprint density at radius 1 is 1.44 bits per heavy atom. The van der Waals surface area contributed by atoms with Crippen molar-refractivity contribution >= 4 is 39.8 Å². The van der Waals surface area contributed by atoms with Crippen molar-refractivity contribution in [2.45, 2.75) is 26.7 Å². The van der Waals surface area contributed by atoms with Gasteiger partial charge in [0.1, 0.15) is 11.8 Å². The second-order valence-electron chi connectivity index (χ2n) is 6.31. The average molecular weight is 360 g/mol. The molecule has 0 unspecified atom stereocenters. The van der Waals surface area contributed by atoms with E-state index in [4.69, 9.17) is 16.7 Å². The lowest BCUT2D eigenvalue weighted by Gasteiger charge is -2.36. The maximum absolute atomic E-state index is 12.6. The molecule has 1 amide bonds. The Morgan fingerprint density at radius 3 is 3.00 bits per heavy atom. The molecule has 3 rings (SSSR count). The number of aromatic nitrogens is 1. The lowest BCUT2D eigenvalue weighted by molar-refractivity contribution is -0.136. The minimum absolute atomic E-state index is 0.0198. The minimum atomic E-state index is 0.0198. The van der Waals surface area contributed by atoms with E-state index >= 15 is 0 Å². The highest BCUT2D eigenvalue weighted by atomic mass is 32.1. The van der Waals surface area contributed by atoms with Crippen LogP contribution in [-0.2, 0) is 4.79 Å². The molecule has 0 radical (unpaired) electrons. The standard InChI is InChI=1S/C18H24N4O2S/c1-3-21(4-2)17(23)13-6-5-9-22(11-13)18(25)19-15-8-7-14-12-24-20-16(14)10-15/h7-8,10,12-13H,3-6,9,11H2,1-2H3,(H,19,25)/t13-/m1/s1. The fourth-order valence-electron chi connectivity index (χ4n) is 3.30. The highest BCUT2D eigenvalue weighted by Gasteiger charge is 2.29. The van der Waals surface area contributed by atoms with E-state index in [1.54, 1.807) is 6.26 Å². The molecule has 1 saturated heterocycles. The molecule has 1 aliphatic rings. The number of thiocarbonyl (C=S) groups is 1. The van der Waals surface area contributed by atoms with Crippen LogP contribution in [0, 0.1) is 5.92 Å². The molecule has 2 aromatic rings. The molecular weight excluding hydrogens is 336 g/mol. The highest BCUT2D eigenvalue weighted by molar-refractivity contribution is 7.80. The van der Waals surface area contributed by atoms with Gasteiger partial charge in [-0.15, -0.1) is 0 Å². The van der Waals surface area contributed by atoms with E-state index in [0.29, 0.717) is 11.7 Å². The number of hydrogen-bond donors (Lipinski definition) is 1.